The van der Waals surface area contributed by atoms with E-state index in [0.717, 1.165) is 9.87 Å². The number of thiol groups is 1. The van der Waals surface area contributed by atoms with Gasteiger partial charge in [0.2, 0.25) is 0 Å². The molecule has 0 fully saturated rings. The highest BCUT2D eigenvalue weighted by molar-refractivity contribution is 7.82. The van der Waals surface area contributed by atoms with Crippen molar-refractivity contribution in [2.75, 3.05) is 16.2 Å². The molecule has 0 heterocycles. The number of halogens is 2. The number of nitrogens with zero attached hydrogens (tertiary/aromatic N) is 1. The van der Waals surface area contributed by atoms with Crippen LogP contribution in [-0.4, -0.2) is 24.3 Å². The zero-order valence-corrected chi connectivity index (χ0v) is 20.9. The van der Waals surface area contributed by atoms with Crippen molar-refractivity contribution in [2.24, 2.45) is 0 Å². The number of ketones is 1. The van der Waals surface area contributed by atoms with E-state index in [1.54, 1.807) is 42.5 Å². The Bertz CT molecular complexity index is 1460. The first-order valence-electron chi connectivity index (χ1n) is 11.6. The molecule has 0 saturated carbocycles. The fourth-order valence-corrected chi connectivity index (χ4v) is 3.89. The normalized spacial score (nSPS) is 10.5. The molecule has 0 aliphatic rings. The average molecular weight is 532 g/mol. The van der Waals surface area contributed by atoms with E-state index in [1.807, 2.05) is 0 Å². The van der Waals surface area contributed by atoms with Crippen LogP contribution in [0, 0.1) is 11.6 Å². The van der Waals surface area contributed by atoms with Crippen LogP contribution in [0.5, 0.6) is 0 Å². The van der Waals surface area contributed by atoms with Crippen LogP contribution in [0.1, 0.15) is 31.8 Å². The van der Waals surface area contributed by atoms with Gasteiger partial charge < -0.3 is 10.6 Å². The Labute approximate surface area is 223 Å². The van der Waals surface area contributed by atoms with Crippen molar-refractivity contribution in [3.05, 3.63) is 131 Å². The first-order valence-corrected chi connectivity index (χ1v) is 12.0. The van der Waals surface area contributed by atoms with Crippen molar-refractivity contribution >= 4 is 41.9 Å². The lowest BCUT2D eigenvalue weighted by molar-refractivity contribution is 0.102. The van der Waals surface area contributed by atoms with Crippen molar-refractivity contribution in [2.45, 2.75) is 6.42 Å². The number of urea groups is 1. The van der Waals surface area contributed by atoms with E-state index >= 15 is 0 Å². The highest BCUT2D eigenvalue weighted by atomic mass is 32.1. The number of nitrogens with one attached hydrogen (secondary N) is 2. The minimum absolute atomic E-state index is 0.0940. The van der Waals surface area contributed by atoms with Gasteiger partial charge in [0.1, 0.15) is 11.6 Å². The summed E-state index contributed by atoms with van der Waals surface area (Å²) in [4.78, 5) is 38.8. The first-order chi connectivity index (χ1) is 18.3. The summed E-state index contributed by atoms with van der Waals surface area (Å²) in [5, 5.41) is 5.32. The molecule has 0 radical (unpaired) electrons. The molecule has 0 aromatic heterocycles. The summed E-state index contributed by atoms with van der Waals surface area (Å²) >= 11 is 4.29. The van der Waals surface area contributed by atoms with Gasteiger partial charge in [0.15, 0.2) is 5.78 Å². The Balaban J connectivity index is 1.55. The highest BCUT2D eigenvalue weighted by Gasteiger charge is 2.21. The second-order valence-corrected chi connectivity index (χ2v) is 8.68. The van der Waals surface area contributed by atoms with E-state index < -0.39 is 23.5 Å². The topological polar surface area (TPSA) is 78.5 Å². The standard InChI is InChI=1S/C29H23F2N3O3S/c30-21-12-10-19(11-13-21)16-17-32-29(37)34(38)22-14-15-26(33-28(36)23-8-4-5-9-25(23)31)24(18-22)27(35)20-6-2-1-3-7-20/h1-15,18,38H,16-17H2,(H,32,37)(H,33,36). The van der Waals surface area contributed by atoms with Crippen LogP contribution in [0.15, 0.2) is 97.1 Å². The van der Waals surface area contributed by atoms with Gasteiger partial charge >= 0.3 is 6.03 Å². The van der Waals surface area contributed by atoms with Crippen molar-refractivity contribution < 1.29 is 23.2 Å². The van der Waals surface area contributed by atoms with E-state index in [1.165, 1.54) is 54.6 Å². The number of carbonyl (C=O) groups excluding carboxylic acids is 3. The molecule has 0 saturated heterocycles. The minimum Gasteiger partial charge on any atom is -0.337 e. The number of amides is 3. The molecule has 0 spiro atoms. The molecule has 192 valence electrons. The zero-order valence-electron chi connectivity index (χ0n) is 20.0. The van der Waals surface area contributed by atoms with Gasteiger partial charge in [-0.05, 0) is 54.4 Å². The van der Waals surface area contributed by atoms with Gasteiger partial charge in [-0.15, -0.1) is 0 Å². The van der Waals surface area contributed by atoms with Crippen LogP contribution in [0.4, 0.5) is 25.0 Å². The SMILES string of the molecule is O=C(Nc1ccc(N(S)C(=O)NCCc2ccc(F)cc2)cc1C(=O)c1ccccc1)c1ccccc1F. The maximum atomic E-state index is 14.1. The third-order valence-corrected chi connectivity index (χ3v) is 6.10. The van der Waals surface area contributed by atoms with Crippen molar-refractivity contribution in [1.82, 2.24) is 5.32 Å². The van der Waals surface area contributed by atoms with Crippen LogP contribution >= 0.6 is 12.8 Å². The van der Waals surface area contributed by atoms with Gasteiger partial charge in [0, 0.05) is 17.7 Å². The molecule has 6 nitrogen and oxygen atoms in total. The second kappa shape index (κ2) is 12.2. The highest BCUT2D eigenvalue weighted by Crippen LogP contribution is 2.28. The third-order valence-electron chi connectivity index (χ3n) is 5.69. The molecule has 2 N–H and O–H groups in total. The third kappa shape index (κ3) is 6.43. The summed E-state index contributed by atoms with van der Waals surface area (Å²) in [6.07, 6.45) is 0.479. The van der Waals surface area contributed by atoms with Gasteiger partial charge in [-0.3, -0.25) is 9.59 Å². The Morgan fingerprint density at radius 3 is 2.18 bits per heavy atom. The molecular weight excluding hydrogens is 508 g/mol. The molecule has 4 aromatic rings. The van der Waals surface area contributed by atoms with Crippen LogP contribution in [-0.2, 0) is 6.42 Å². The number of hydrogen-bond acceptors (Lipinski definition) is 4. The van der Waals surface area contributed by atoms with Crippen molar-refractivity contribution in [3.63, 3.8) is 0 Å². The van der Waals surface area contributed by atoms with Crippen LogP contribution in [0.2, 0.25) is 0 Å². The molecule has 0 atom stereocenters. The van der Waals surface area contributed by atoms with Gasteiger partial charge in [0.25, 0.3) is 5.91 Å². The molecule has 0 bridgehead atoms. The number of carbonyl (C=O) groups is 3. The molecule has 0 aliphatic carbocycles. The smallest absolute Gasteiger partial charge is 0.331 e. The minimum atomic E-state index is -0.723. The summed E-state index contributed by atoms with van der Waals surface area (Å²) < 4.78 is 28.3. The Morgan fingerprint density at radius 2 is 1.47 bits per heavy atom. The number of rotatable bonds is 8. The summed E-state index contributed by atoms with van der Waals surface area (Å²) in [5.74, 6) is -2.17. The number of benzene rings is 4. The predicted molar refractivity (Wildman–Crippen MR) is 146 cm³/mol. The number of anilines is 2. The van der Waals surface area contributed by atoms with Crippen LogP contribution < -0.4 is 14.9 Å². The van der Waals surface area contributed by atoms with E-state index in [4.69, 9.17) is 0 Å². The van der Waals surface area contributed by atoms with E-state index in [0.29, 0.717) is 12.0 Å². The van der Waals surface area contributed by atoms with E-state index in [2.05, 4.69) is 23.4 Å². The van der Waals surface area contributed by atoms with Crippen molar-refractivity contribution in [3.8, 4) is 0 Å². The molecule has 0 unspecified atom stereocenters. The van der Waals surface area contributed by atoms with Crippen molar-refractivity contribution in [1.29, 1.82) is 0 Å². The summed E-state index contributed by atoms with van der Waals surface area (Å²) in [6.45, 7) is 0.272. The Morgan fingerprint density at radius 1 is 0.789 bits per heavy atom. The summed E-state index contributed by atoms with van der Waals surface area (Å²) in [7, 11) is 0. The monoisotopic (exact) mass is 531 g/mol. The fourth-order valence-electron chi connectivity index (χ4n) is 3.70. The molecule has 4 aromatic carbocycles. The second-order valence-electron chi connectivity index (χ2n) is 8.28. The largest absolute Gasteiger partial charge is 0.337 e. The molecular formula is C29H23F2N3O3S. The van der Waals surface area contributed by atoms with Gasteiger partial charge in [-0.1, -0.05) is 67.4 Å². The average Bonchev–Trinajstić information content (AvgIpc) is 2.94. The maximum Gasteiger partial charge on any atom is 0.331 e. The lowest BCUT2D eigenvalue weighted by Gasteiger charge is -2.19. The predicted octanol–water partition coefficient (Wildman–Crippen LogP) is 6.05. The Hall–Kier alpha value is -4.50. The van der Waals surface area contributed by atoms with Gasteiger partial charge in [0.05, 0.1) is 16.9 Å². The van der Waals surface area contributed by atoms with Gasteiger partial charge in [-0.2, -0.15) is 0 Å². The zero-order chi connectivity index (χ0) is 27.1. The molecule has 0 aliphatic heterocycles. The lowest BCUT2D eigenvalue weighted by Crippen LogP contribution is -2.35. The van der Waals surface area contributed by atoms with E-state index in [-0.39, 0.29) is 34.9 Å². The van der Waals surface area contributed by atoms with Crippen LogP contribution in [0.3, 0.4) is 0 Å². The van der Waals surface area contributed by atoms with Crippen LogP contribution in [0.25, 0.3) is 0 Å². The fraction of sp³-hybridized carbons (Fsp3) is 0.0690. The van der Waals surface area contributed by atoms with Gasteiger partial charge in [-0.25, -0.2) is 17.9 Å². The Kier molecular flexibility index (Phi) is 8.50. The maximum absolute atomic E-state index is 14.1. The quantitative estimate of drug-likeness (QED) is 0.191. The molecule has 38 heavy (non-hydrogen) atoms. The molecule has 4 rings (SSSR count). The molecule has 3 amide bonds. The van der Waals surface area contributed by atoms with E-state index in [9.17, 15) is 23.2 Å². The summed E-state index contributed by atoms with van der Waals surface area (Å²) in [5.41, 5.74) is 1.55. The molecule has 9 heteroatoms. The summed E-state index contributed by atoms with van der Waals surface area (Å²) in [6, 6.07) is 23.7. The first kappa shape index (κ1) is 26.6. The number of hydrogen-bond donors (Lipinski definition) is 3. The lowest BCUT2D eigenvalue weighted by atomic mass is 10.0.